The molecule has 40 heavy (non-hydrogen) atoms. The summed E-state index contributed by atoms with van der Waals surface area (Å²) >= 11 is 12.4. The fraction of sp³-hybridized carbons (Fsp3) is 0.562. The Morgan fingerprint density at radius 3 is 1.35 bits per heavy atom. The number of nitrogens with zero attached hydrogens (tertiary/aromatic N) is 2. The minimum atomic E-state index is -3.65. The Morgan fingerprint density at radius 1 is 0.650 bits per heavy atom. The van der Waals surface area contributed by atoms with Gasteiger partial charge in [0, 0.05) is 53.3 Å². The molecule has 0 bridgehead atoms. The van der Waals surface area contributed by atoms with Crippen LogP contribution in [-0.2, 0) is 14.2 Å². The van der Waals surface area contributed by atoms with Crippen LogP contribution in [0.25, 0.3) is 0 Å². The van der Waals surface area contributed by atoms with Crippen molar-refractivity contribution >= 4 is 52.8 Å². The second kappa shape index (κ2) is 17.9. The highest BCUT2D eigenvalue weighted by Gasteiger charge is 2.44. The van der Waals surface area contributed by atoms with Gasteiger partial charge in [0.05, 0.1) is 0 Å². The van der Waals surface area contributed by atoms with Crippen LogP contribution in [0, 0.1) is 0 Å². The van der Waals surface area contributed by atoms with E-state index in [4.69, 9.17) is 23.2 Å². The van der Waals surface area contributed by atoms with Gasteiger partial charge in [-0.3, -0.25) is 9.59 Å². The molecule has 0 spiro atoms. The molecule has 0 radical (unpaired) electrons. The summed E-state index contributed by atoms with van der Waals surface area (Å²) in [6, 6.07) is 13.7. The van der Waals surface area contributed by atoms with E-state index >= 15 is 4.57 Å². The summed E-state index contributed by atoms with van der Waals surface area (Å²) < 4.78 is 15.5. The highest BCUT2D eigenvalue weighted by atomic mass is 35.5. The van der Waals surface area contributed by atoms with E-state index in [0.29, 0.717) is 46.8 Å². The molecule has 222 valence electrons. The van der Waals surface area contributed by atoms with Gasteiger partial charge < -0.3 is 14.4 Å². The molecule has 0 aliphatic rings. The van der Waals surface area contributed by atoms with Crippen molar-refractivity contribution in [1.82, 2.24) is 9.80 Å². The van der Waals surface area contributed by atoms with Gasteiger partial charge >= 0.3 is 0 Å². The lowest BCUT2D eigenvalue weighted by molar-refractivity contribution is -0.136. The van der Waals surface area contributed by atoms with Crippen LogP contribution in [0.1, 0.15) is 85.5 Å². The summed E-state index contributed by atoms with van der Waals surface area (Å²) in [5.41, 5.74) is -1.03. The highest BCUT2D eigenvalue weighted by Crippen LogP contribution is 2.51. The number of benzene rings is 2. The van der Waals surface area contributed by atoms with Crippen molar-refractivity contribution in [2.45, 2.75) is 91.1 Å². The largest absolute Gasteiger partial charge is 0.343 e. The summed E-state index contributed by atoms with van der Waals surface area (Å²) in [5.74, 6) is -0.330. The van der Waals surface area contributed by atoms with Crippen LogP contribution in [0.3, 0.4) is 0 Å². The summed E-state index contributed by atoms with van der Waals surface area (Å²) in [5, 5.41) is 2.07. The smallest absolute Gasteiger partial charge is 0.234 e. The zero-order valence-electron chi connectivity index (χ0n) is 24.7. The van der Waals surface area contributed by atoms with Crippen molar-refractivity contribution < 1.29 is 14.2 Å². The molecule has 0 aliphatic carbocycles. The van der Waals surface area contributed by atoms with Crippen LogP contribution in [-0.4, -0.2) is 53.5 Å². The molecule has 5 nitrogen and oxygen atoms in total. The number of carbonyl (C=O) groups excluding carboxylic acids is 2. The third kappa shape index (κ3) is 9.64. The Balaban J connectivity index is 2.70. The molecule has 1 unspecified atom stereocenters. The van der Waals surface area contributed by atoms with Crippen LogP contribution in [0.2, 0.25) is 10.0 Å². The van der Waals surface area contributed by atoms with Crippen molar-refractivity contribution in [2.75, 3.05) is 26.2 Å². The lowest BCUT2D eigenvalue weighted by Crippen LogP contribution is -2.46. The molecule has 0 saturated carbocycles. The minimum Gasteiger partial charge on any atom is -0.343 e. The third-order valence-corrected chi connectivity index (χ3v) is 11.2. The number of rotatable bonds is 18. The average molecular weight is 610 g/mol. The van der Waals surface area contributed by atoms with Crippen molar-refractivity contribution in [1.29, 1.82) is 0 Å². The maximum Gasteiger partial charge on any atom is 0.234 e. The third-order valence-electron chi connectivity index (χ3n) is 7.30. The van der Waals surface area contributed by atoms with Gasteiger partial charge in [0.15, 0.2) is 7.14 Å². The number of unbranched alkanes of at least 4 members (excludes halogenated alkanes) is 4. The normalized spacial score (nSPS) is 12.2. The van der Waals surface area contributed by atoms with Gasteiger partial charge in [0.25, 0.3) is 0 Å². The standard InChI is InChI=1S/C32H47Cl2N2O3P/c1-5-9-21-35(22-10-6-2)31(37)25-30(32(38)36(23-11-7-3)24-12-8-4)40(39,28-17-13-26(33)14-18-28)29-19-15-27(34)16-20-29/h13-20,30H,5-12,21-25H2,1-4H3. The van der Waals surface area contributed by atoms with Crippen molar-refractivity contribution in [2.24, 2.45) is 0 Å². The van der Waals surface area contributed by atoms with Gasteiger partial charge in [-0.25, -0.2) is 0 Å². The van der Waals surface area contributed by atoms with E-state index in [2.05, 4.69) is 27.7 Å². The van der Waals surface area contributed by atoms with E-state index in [1.165, 1.54) is 0 Å². The van der Waals surface area contributed by atoms with Crippen molar-refractivity contribution in [3.63, 3.8) is 0 Å². The van der Waals surface area contributed by atoms with E-state index in [1.54, 1.807) is 48.5 Å². The van der Waals surface area contributed by atoms with Crippen LogP contribution in [0.5, 0.6) is 0 Å². The number of amides is 2. The number of halogens is 2. The summed E-state index contributed by atoms with van der Waals surface area (Å²) in [4.78, 5) is 32.1. The number of hydrogen-bond acceptors (Lipinski definition) is 3. The maximum absolute atomic E-state index is 15.5. The Morgan fingerprint density at radius 2 is 1.00 bits per heavy atom. The van der Waals surface area contributed by atoms with E-state index in [1.807, 2.05) is 9.80 Å². The van der Waals surface area contributed by atoms with E-state index < -0.39 is 12.8 Å². The zero-order valence-corrected chi connectivity index (χ0v) is 27.1. The first-order valence-corrected chi connectivity index (χ1v) is 17.4. The van der Waals surface area contributed by atoms with E-state index in [9.17, 15) is 9.59 Å². The predicted octanol–water partition coefficient (Wildman–Crippen LogP) is 7.92. The fourth-order valence-corrected chi connectivity index (χ4v) is 8.14. The zero-order chi connectivity index (χ0) is 29.5. The molecular formula is C32H47Cl2N2O3P. The second-order valence-corrected chi connectivity index (χ2v) is 14.3. The maximum atomic E-state index is 15.5. The lowest BCUT2D eigenvalue weighted by Gasteiger charge is -2.34. The topological polar surface area (TPSA) is 57.7 Å². The summed E-state index contributed by atoms with van der Waals surface area (Å²) in [6.07, 6.45) is 7.17. The molecule has 0 saturated heterocycles. The number of hydrogen-bond donors (Lipinski definition) is 0. The molecule has 0 aromatic heterocycles. The first kappa shape index (κ1) is 34.4. The second-order valence-electron chi connectivity index (χ2n) is 10.5. The van der Waals surface area contributed by atoms with Crippen LogP contribution in [0.4, 0.5) is 0 Å². The Kier molecular flexibility index (Phi) is 15.4. The first-order valence-electron chi connectivity index (χ1n) is 14.9. The first-order chi connectivity index (χ1) is 19.2. The minimum absolute atomic E-state index is 0.108. The highest BCUT2D eigenvalue weighted by molar-refractivity contribution is 7.80. The Bertz CT molecular complexity index is 1030. The molecule has 2 aromatic rings. The molecule has 1 atom stereocenters. The molecule has 0 N–H and O–H groups in total. The monoisotopic (exact) mass is 608 g/mol. The Hall–Kier alpha value is -1.81. The average Bonchev–Trinajstić information content (AvgIpc) is 2.96. The van der Waals surface area contributed by atoms with E-state index in [0.717, 1.165) is 51.4 Å². The molecule has 0 aliphatic heterocycles. The van der Waals surface area contributed by atoms with Gasteiger partial charge in [-0.05, 0) is 74.2 Å². The van der Waals surface area contributed by atoms with Crippen molar-refractivity contribution in [3.05, 3.63) is 58.6 Å². The van der Waals surface area contributed by atoms with Gasteiger partial charge in [-0.15, -0.1) is 0 Å². The van der Waals surface area contributed by atoms with Crippen LogP contribution >= 0.6 is 30.3 Å². The van der Waals surface area contributed by atoms with Crippen LogP contribution < -0.4 is 10.6 Å². The van der Waals surface area contributed by atoms with E-state index in [-0.39, 0.29) is 18.2 Å². The number of carbonyl (C=O) groups is 2. The molecule has 0 heterocycles. The molecule has 2 amide bonds. The van der Waals surface area contributed by atoms with Crippen LogP contribution in [0.15, 0.2) is 48.5 Å². The fourth-order valence-electron chi connectivity index (χ4n) is 4.80. The van der Waals surface area contributed by atoms with Gasteiger partial charge in [-0.1, -0.05) is 76.6 Å². The van der Waals surface area contributed by atoms with Gasteiger partial charge in [-0.2, -0.15) is 0 Å². The molecule has 8 heteroatoms. The molecule has 2 rings (SSSR count). The lowest BCUT2D eigenvalue weighted by atomic mass is 10.2. The summed E-state index contributed by atoms with van der Waals surface area (Å²) in [6.45, 7) is 10.8. The summed E-state index contributed by atoms with van der Waals surface area (Å²) in [7, 11) is -3.65. The molecular weight excluding hydrogens is 562 g/mol. The Labute approximate surface area is 252 Å². The quantitative estimate of drug-likeness (QED) is 0.161. The molecule has 2 aromatic carbocycles. The van der Waals surface area contributed by atoms with Gasteiger partial charge in [0.1, 0.15) is 5.66 Å². The SMILES string of the molecule is CCCCN(CCCC)C(=O)CC(C(=O)N(CCCC)CCCC)P(=O)(c1ccc(Cl)cc1)c1ccc(Cl)cc1. The van der Waals surface area contributed by atoms with Crippen molar-refractivity contribution in [3.8, 4) is 0 Å². The predicted molar refractivity (Wildman–Crippen MR) is 171 cm³/mol. The molecule has 0 fully saturated rings. The van der Waals surface area contributed by atoms with Gasteiger partial charge in [0.2, 0.25) is 11.8 Å².